The molecule has 3 heteroatoms. The van der Waals surface area contributed by atoms with Gasteiger partial charge < -0.3 is 14.6 Å². The van der Waals surface area contributed by atoms with Crippen molar-refractivity contribution in [2.75, 3.05) is 26.8 Å². The lowest BCUT2D eigenvalue weighted by Crippen LogP contribution is -2.15. The van der Waals surface area contributed by atoms with Crippen molar-refractivity contribution in [3.63, 3.8) is 0 Å². The van der Waals surface area contributed by atoms with Gasteiger partial charge >= 0.3 is 0 Å². The van der Waals surface area contributed by atoms with E-state index in [1.807, 2.05) is 0 Å². The van der Waals surface area contributed by atoms with E-state index in [-0.39, 0.29) is 0 Å². The molecule has 0 radical (unpaired) electrons. The topological polar surface area (TPSA) is 26.2 Å². The average molecular weight is 288 g/mol. The lowest BCUT2D eigenvalue weighted by molar-refractivity contribution is 0.188. The van der Waals surface area contributed by atoms with Gasteiger partial charge in [0.2, 0.25) is 0 Å². The van der Waals surface area contributed by atoms with E-state index >= 15 is 0 Å². The van der Waals surface area contributed by atoms with Crippen LogP contribution in [0.25, 0.3) is 10.9 Å². The molecule has 1 heterocycles. The molecule has 0 unspecified atom stereocenters. The molecule has 1 N–H and O–H groups in total. The summed E-state index contributed by atoms with van der Waals surface area (Å²) in [6, 6.07) is 8.69. The second-order valence-electron chi connectivity index (χ2n) is 5.56. The second-order valence-corrected chi connectivity index (χ2v) is 5.56. The Morgan fingerprint density at radius 2 is 2.00 bits per heavy atom. The molecule has 116 valence electrons. The molecule has 0 fully saturated rings. The zero-order chi connectivity index (χ0) is 14.9. The summed E-state index contributed by atoms with van der Waals surface area (Å²) >= 11 is 0. The number of benzene rings is 1. The maximum Gasteiger partial charge on any atom is 0.0641 e. The van der Waals surface area contributed by atoms with Gasteiger partial charge in [0.25, 0.3) is 0 Å². The van der Waals surface area contributed by atoms with Gasteiger partial charge in [-0.05, 0) is 50.4 Å². The molecule has 1 aromatic heterocycles. The number of hydrogen-bond donors (Lipinski definition) is 1. The van der Waals surface area contributed by atoms with Crippen molar-refractivity contribution in [3.8, 4) is 0 Å². The van der Waals surface area contributed by atoms with E-state index in [9.17, 15) is 0 Å². The number of unbranched alkanes of at least 4 members (excludes halogenated alkanes) is 1. The van der Waals surface area contributed by atoms with Gasteiger partial charge in [0, 0.05) is 30.8 Å². The van der Waals surface area contributed by atoms with Gasteiger partial charge in [-0.2, -0.15) is 0 Å². The van der Waals surface area contributed by atoms with Crippen LogP contribution in [0.15, 0.2) is 30.5 Å². The minimum absolute atomic E-state index is 0.763. The summed E-state index contributed by atoms with van der Waals surface area (Å²) in [6.07, 6.45) is 7.18. The summed E-state index contributed by atoms with van der Waals surface area (Å²) in [7, 11) is 1.76. The van der Waals surface area contributed by atoms with Gasteiger partial charge in [-0.1, -0.05) is 25.1 Å². The fourth-order valence-electron chi connectivity index (χ4n) is 2.76. The third-order valence-electron chi connectivity index (χ3n) is 3.88. The number of aryl methyl sites for hydroxylation is 1. The fraction of sp³-hybridized carbons (Fsp3) is 0.556. The summed E-state index contributed by atoms with van der Waals surface area (Å²) in [4.78, 5) is 0. The zero-order valence-corrected chi connectivity index (χ0v) is 13.4. The van der Waals surface area contributed by atoms with Gasteiger partial charge in [0.05, 0.1) is 6.61 Å². The van der Waals surface area contributed by atoms with Crippen LogP contribution in [0.4, 0.5) is 0 Å². The van der Waals surface area contributed by atoms with Crippen LogP contribution in [0.3, 0.4) is 0 Å². The van der Waals surface area contributed by atoms with Gasteiger partial charge in [-0.15, -0.1) is 0 Å². The molecule has 0 bridgehead atoms. The van der Waals surface area contributed by atoms with Crippen LogP contribution in [0.5, 0.6) is 0 Å². The lowest BCUT2D eigenvalue weighted by Gasteiger charge is -2.03. The molecule has 2 aromatic rings. The number of fused-ring (bicyclic) bond motifs is 1. The summed E-state index contributed by atoms with van der Waals surface area (Å²) in [5, 5.41) is 4.87. The highest BCUT2D eigenvalue weighted by Crippen LogP contribution is 2.22. The van der Waals surface area contributed by atoms with Crippen molar-refractivity contribution in [2.24, 2.45) is 0 Å². The molecule has 0 spiro atoms. The van der Waals surface area contributed by atoms with E-state index in [4.69, 9.17) is 4.74 Å². The molecule has 1 aromatic carbocycles. The predicted octanol–water partition coefficient (Wildman–Crippen LogP) is 3.61. The average Bonchev–Trinajstić information content (AvgIpc) is 2.87. The van der Waals surface area contributed by atoms with Crippen molar-refractivity contribution >= 4 is 10.9 Å². The Kier molecular flexibility index (Phi) is 6.77. The number of aromatic nitrogens is 1. The Balaban J connectivity index is 1.95. The quantitative estimate of drug-likeness (QED) is 0.676. The van der Waals surface area contributed by atoms with Crippen LogP contribution in [-0.2, 0) is 17.7 Å². The summed E-state index contributed by atoms with van der Waals surface area (Å²) in [6.45, 7) is 6.17. The van der Waals surface area contributed by atoms with Crippen LogP contribution in [0.2, 0.25) is 0 Å². The normalized spacial score (nSPS) is 11.3. The largest absolute Gasteiger partial charge is 0.383 e. The molecule has 3 nitrogen and oxygen atoms in total. The number of para-hydroxylation sites is 1. The maximum atomic E-state index is 5.21. The maximum absolute atomic E-state index is 5.21. The van der Waals surface area contributed by atoms with E-state index in [2.05, 4.69) is 47.3 Å². The van der Waals surface area contributed by atoms with Gasteiger partial charge in [-0.25, -0.2) is 0 Å². The van der Waals surface area contributed by atoms with Crippen molar-refractivity contribution < 1.29 is 4.74 Å². The van der Waals surface area contributed by atoms with Crippen LogP contribution < -0.4 is 5.32 Å². The monoisotopic (exact) mass is 288 g/mol. The number of methoxy groups -OCH3 is 1. The van der Waals surface area contributed by atoms with Crippen molar-refractivity contribution in [2.45, 2.75) is 39.2 Å². The van der Waals surface area contributed by atoms with E-state index in [1.165, 1.54) is 35.7 Å². The smallest absolute Gasteiger partial charge is 0.0641 e. The molecular formula is C18H28N2O. The summed E-state index contributed by atoms with van der Waals surface area (Å²) in [5.74, 6) is 0. The Bertz CT molecular complexity index is 533. The fourth-order valence-corrected chi connectivity index (χ4v) is 2.76. The lowest BCUT2D eigenvalue weighted by atomic mass is 10.1. The van der Waals surface area contributed by atoms with Gasteiger partial charge in [0.1, 0.15) is 0 Å². The molecule has 0 aliphatic heterocycles. The van der Waals surface area contributed by atoms with Crippen molar-refractivity contribution in [1.82, 2.24) is 9.88 Å². The third-order valence-corrected chi connectivity index (χ3v) is 3.88. The Morgan fingerprint density at radius 1 is 1.14 bits per heavy atom. The van der Waals surface area contributed by atoms with Crippen LogP contribution >= 0.6 is 0 Å². The first-order valence-electron chi connectivity index (χ1n) is 8.13. The highest BCUT2D eigenvalue weighted by molar-refractivity contribution is 5.83. The van der Waals surface area contributed by atoms with Gasteiger partial charge in [-0.3, -0.25) is 0 Å². The molecule has 0 aliphatic carbocycles. The van der Waals surface area contributed by atoms with E-state index < -0.39 is 0 Å². The Labute approximate surface area is 128 Å². The molecule has 21 heavy (non-hydrogen) atoms. The highest BCUT2D eigenvalue weighted by atomic mass is 16.5. The SMILES string of the molecule is CCCNCCCCc1cn(CCOC)c2ccccc12. The number of hydrogen-bond acceptors (Lipinski definition) is 2. The minimum Gasteiger partial charge on any atom is -0.383 e. The number of ether oxygens (including phenoxy) is 1. The molecule has 2 rings (SSSR count). The van der Waals surface area contributed by atoms with Crippen LogP contribution in [0, 0.1) is 0 Å². The molecule has 0 saturated heterocycles. The summed E-state index contributed by atoms with van der Waals surface area (Å²) in [5.41, 5.74) is 2.80. The number of rotatable bonds is 10. The molecule has 0 saturated carbocycles. The number of nitrogens with zero attached hydrogens (tertiary/aromatic N) is 1. The first-order valence-corrected chi connectivity index (χ1v) is 8.13. The number of nitrogens with one attached hydrogen (secondary N) is 1. The first kappa shape index (κ1) is 16.1. The zero-order valence-electron chi connectivity index (χ0n) is 13.4. The van der Waals surface area contributed by atoms with E-state index in [1.54, 1.807) is 7.11 Å². The van der Waals surface area contributed by atoms with Crippen molar-refractivity contribution in [1.29, 1.82) is 0 Å². The Hall–Kier alpha value is -1.32. The molecule has 0 atom stereocenters. The molecular weight excluding hydrogens is 260 g/mol. The second kappa shape index (κ2) is 8.85. The van der Waals surface area contributed by atoms with Gasteiger partial charge in [0.15, 0.2) is 0 Å². The standard InChI is InChI=1S/C18H28N2O/c1-3-11-19-12-7-6-8-16-15-20(13-14-21-2)18-10-5-4-9-17(16)18/h4-5,9-10,15,19H,3,6-8,11-14H2,1-2H3. The Morgan fingerprint density at radius 3 is 2.81 bits per heavy atom. The van der Waals surface area contributed by atoms with Crippen LogP contribution in [-0.4, -0.2) is 31.4 Å². The molecule has 0 aliphatic rings. The first-order chi connectivity index (χ1) is 10.4. The minimum atomic E-state index is 0.763. The molecule has 0 amide bonds. The third kappa shape index (κ3) is 4.58. The predicted molar refractivity (Wildman–Crippen MR) is 89.9 cm³/mol. The summed E-state index contributed by atoms with van der Waals surface area (Å²) < 4.78 is 7.53. The van der Waals surface area contributed by atoms with E-state index in [0.717, 1.165) is 32.7 Å². The van der Waals surface area contributed by atoms with Crippen LogP contribution in [0.1, 0.15) is 31.7 Å². The van der Waals surface area contributed by atoms with Crippen molar-refractivity contribution in [3.05, 3.63) is 36.0 Å². The highest BCUT2D eigenvalue weighted by Gasteiger charge is 2.07. The van der Waals surface area contributed by atoms with E-state index in [0.29, 0.717) is 0 Å².